The van der Waals surface area contributed by atoms with Gasteiger partial charge in [0, 0.05) is 42.4 Å². The lowest BCUT2D eigenvalue weighted by atomic mass is 10.00. The lowest BCUT2D eigenvalue weighted by Gasteiger charge is -2.16. The quantitative estimate of drug-likeness (QED) is 0.798. The third kappa shape index (κ3) is 3.73. The Labute approximate surface area is 156 Å². The molecule has 0 spiro atoms. The number of H-pyrrole nitrogens is 1. The molecular weight excluding hydrogens is 351 g/mol. The minimum absolute atomic E-state index is 0.363. The van der Waals surface area contributed by atoms with Gasteiger partial charge in [-0.15, -0.1) is 0 Å². The fraction of sp³-hybridized carbons (Fsp3) is 0.300. The van der Waals surface area contributed by atoms with Gasteiger partial charge in [-0.3, -0.25) is 4.99 Å². The molecule has 6 heteroatoms. The lowest BCUT2D eigenvalue weighted by Crippen LogP contribution is -2.29. The van der Waals surface area contributed by atoms with Crippen molar-refractivity contribution in [3.05, 3.63) is 68.8 Å². The van der Waals surface area contributed by atoms with Crippen molar-refractivity contribution in [3.63, 3.8) is 0 Å². The Balaban J connectivity index is 1.45. The molecule has 26 heavy (non-hydrogen) atoms. The molecular formula is C20H20ClFN4. The van der Waals surface area contributed by atoms with Gasteiger partial charge >= 0.3 is 0 Å². The highest BCUT2D eigenvalue weighted by Gasteiger charge is 2.17. The van der Waals surface area contributed by atoms with Crippen molar-refractivity contribution >= 4 is 23.5 Å². The van der Waals surface area contributed by atoms with Gasteiger partial charge in [0.25, 0.3) is 0 Å². The number of nitrogens with one attached hydrogen (secondary N) is 2. The van der Waals surface area contributed by atoms with Gasteiger partial charge in [0.2, 0.25) is 5.95 Å². The van der Waals surface area contributed by atoms with E-state index < -0.39 is 0 Å². The maximum absolute atomic E-state index is 14.5. The van der Waals surface area contributed by atoms with E-state index in [0.717, 1.165) is 46.8 Å². The summed E-state index contributed by atoms with van der Waals surface area (Å²) >= 11 is 5.89. The van der Waals surface area contributed by atoms with Crippen LogP contribution in [0.25, 0.3) is 6.08 Å². The number of nitrogens with zero attached hydrogens (tertiary/aromatic N) is 2. The minimum atomic E-state index is -0.363. The van der Waals surface area contributed by atoms with Gasteiger partial charge < -0.3 is 10.3 Å². The van der Waals surface area contributed by atoms with Gasteiger partial charge in [0.1, 0.15) is 11.3 Å². The lowest BCUT2D eigenvalue weighted by molar-refractivity contribution is 0.587. The van der Waals surface area contributed by atoms with Gasteiger partial charge in [-0.25, -0.2) is 4.99 Å². The summed E-state index contributed by atoms with van der Waals surface area (Å²) in [5, 5.41) is 5.05. The predicted molar refractivity (Wildman–Crippen MR) is 102 cm³/mol. The Morgan fingerprint density at radius 3 is 2.85 bits per heavy atom. The van der Waals surface area contributed by atoms with Gasteiger partial charge in [-0.05, 0) is 41.7 Å². The highest BCUT2D eigenvalue weighted by atomic mass is 35.5. The zero-order valence-electron chi connectivity index (χ0n) is 14.4. The number of aromatic nitrogens is 1. The topological polar surface area (TPSA) is 52.5 Å². The summed E-state index contributed by atoms with van der Waals surface area (Å²) in [6.07, 6.45) is 7.03. The molecule has 0 amide bonds. The van der Waals surface area contributed by atoms with Crippen LogP contribution in [-0.2, 0) is 13.0 Å². The molecule has 1 aromatic carbocycles. The zero-order chi connectivity index (χ0) is 17.9. The molecule has 0 aliphatic carbocycles. The maximum Gasteiger partial charge on any atom is 0.214 e. The predicted octanol–water partition coefficient (Wildman–Crippen LogP) is 3.18. The third-order valence-corrected chi connectivity index (χ3v) is 4.99. The molecule has 3 heterocycles. The number of rotatable bonds is 4. The van der Waals surface area contributed by atoms with Gasteiger partial charge in [-0.1, -0.05) is 29.8 Å². The van der Waals surface area contributed by atoms with Crippen LogP contribution < -0.4 is 16.0 Å². The van der Waals surface area contributed by atoms with E-state index in [1.807, 2.05) is 30.5 Å². The van der Waals surface area contributed by atoms with Crippen LogP contribution in [0.15, 0.2) is 52.0 Å². The standard InChI is InChI=1S/C20H20ClFN4/c21-16-6-3-13(4-7-16)11-24-18-8-5-14(19(22)26-18)10-15-12-25-20-17(15)2-1-9-23-20/h2-4,6-7,12H,1,5,8-11H2,(H,23,25)(H,24,26). The third-order valence-electron chi connectivity index (χ3n) is 4.73. The number of halogens is 2. The molecule has 134 valence electrons. The molecule has 0 unspecified atom stereocenters. The SMILES string of the molecule is FC1=C(Cc2c[nH]c3c2=CCCN=3)CCC(NCc2ccc(Cl)cc2)=N1. The molecule has 4 nitrogen and oxygen atoms in total. The number of amidine groups is 1. The monoisotopic (exact) mass is 370 g/mol. The summed E-state index contributed by atoms with van der Waals surface area (Å²) in [5.74, 6) is 0.330. The molecule has 0 fully saturated rings. The van der Waals surface area contributed by atoms with Crippen LogP contribution in [0, 0.1) is 0 Å². The van der Waals surface area contributed by atoms with Crippen LogP contribution in [0.1, 0.15) is 30.4 Å². The highest BCUT2D eigenvalue weighted by molar-refractivity contribution is 6.30. The van der Waals surface area contributed by atoms with E-state index >= 15 is 0 Å². The first-order chi connectivity index (χ1) is 12.7. The van der Waals surface area contributed by atoms with Gasteiger partial charge in [-0.2, -0.15) is 4.39 Å². The summed E-state index contributed by atoms with van der Waals surface area (Å²) < 4.78 is 14.5. The molecule has 0 saturated carbocycles. The summed E-state index contributed by atoms with van der Waals surface area (Å²) in [6, 6.07) is 7.60. The van der Waals surface area contributed by atoms with E-state index in [9.17, 15) is 4.39 Å². The number of allylic oxidation sites excluding steroid dienone is 1. The average molecular weight is 371 g/mol. The van der Waals surface area contributed by atoms with Gasteiger partial charge in [0.15, 0.2) is 0 Å². The number of fused-ring (bicyclic) bond motifs is 1. The number of aromatic amines is 1. The summed E-state index contributed by atoms with van der Waals surface area (Å²) in [5.41, 5.74) is 3.85. The molecule has 0 bridgehead atoms. The molecule has 0 atom stereocenters. The first-order valence-corrected chi connectivity index (χ1v) is 9.21. The second-order valence-corrected chi connectivity index (χ2v) is 7.00. The van der Waals surface area contributed by atoms with Gasteiger partial charge in [0.05, 0.1) is 0 Å². The van der Waals surface area contributed by atoms with Crippen LogP contribution in [0.5, 0.6) is 0 Å². The van der Waals surface area contributed by atoms with Crippen molar-refractivity contribution in [2.75, 3.05) is 6.54 Å². The Morgan fingerprint density at radius 1 is 1.19 bits per heavy atom. The van der Waals surface area contributed by atoms with E-state index in [1.165, 1.54) is 0 Å². The Hall–Kier alpha value is -2.40. The number of hydrogen-bond acceptors (Lipinski definition) is 3. The van der Waals surface area contributed by atoms with Crippen LogP contribution >= 0.6 is 11.6 Å². The van der Waals surface area contributed by atoms with Crippen molar-refractivity contribution in [3.8, 4) is 0 Å². The second kappa shape index (κ2) is 7.46. The fourth-order valence-electron chi connectivity index (χ4n) is 3.30. The Bertz CT molecular complexity index is 986. The van der Waals surface area contributed by atoms with Crippen LogP contribution in [-0.4, -0.2) is 17.4 Å². The summed E-state index contributed by atoms with van der Waals surface area (Å²) in [4.78, 5) is 11.8. The maximum atomic E-state index is 14.5. The van der Waals surface area contributed by atoms with E-state index in [4.69, 9.17) is 11.6 Å². The summed E-state index contributed by atoms with van der Waals surface area (Å²) in [6.45, 7) is 1.43. The number of benzene rings is 1. The van der Waals surface area contributed by atoms with Crippen LogP contribution in [0.4, 0.5) is 4.39 Å². The van der Waals surface area contributed by atoms with Crippen LogP contribution in [0.2, 0.25) is 5.02 Å². The van der Waals surface area contributed by atoms with Crippen molar-refractivity contribution in [1.82, 2.24) is 10.3 Å². The molecule has 2 N–H and O–H groups in total. The number of aliphatic imine (C=N–C) groups is 1. The minimum Gasteiger partial charge on any atom is -0.369 e. The Morgan fingerprint density at radius 2 is 2.04 bits per heavy atom. The van der Waals surface area contributed by atoms with E-state index in [0.29, 0.717) is 30.2 Å². The molecule has 2 aromatic rings. The van der Waals surface area contributed by atoms with Crippen molar-refractivity contribution < 1.29 is 4.39 Å². The molecule has 2 aliphatic heterocycles. The first-order valence-electron chi connectivity index (χ1n) is 8.83. The van der Waals surface area contributed by atoms with Crippen LogP contribution in [0.3, 0.4) is 0 Å². The molecule has 0 saturated heterocycles. The number of hydrogen-bond donors (Lipinski definition) is 2. The van der Waals surface area contributed by atoms with Crippen molar-refractivity contribution in [1.29, 1.82) is 0 Å². The average Bonchev–Trinajstić information content (AvgIpc) is 3.06. The molecule has 0 radical (unpaired) electrons. The zero-order valence-corrected chi connectivity index (χ0v) is 15.1. The van der Waals surface area contributed by atoms with Crippen molar-refractivity contribution in [2.24, 2.45) is 9.98 Å². The fourth-order valence-corrected chi connectivity index (χ4v) is 3.43. The van der Waals surface area contributed by atoms with E-state index in [2.05, 4.69) is 26.4 Å². The van der Waals surface area contributed by atoms with Crippen molar-refractivity contribution in [2.45, 2.75) is 32.2 Å². The molecule has 4 rings (SSSR count). The highest BCUT2D eigenvalue weighted by Crippen LogP contribution is 2.23. The smallest absolute Gasteiger partial charge is 0.214 e. The second-order valence-electron chi connectivity index (χ2n) is 6.56. The molecule has 2 aliphatic rings. The largest absolute Gasteiger partial charge is 0.369 e. The summed E-state index contributed by atoms with van der Waals surface area (Å²) in [7, 11) is 0. The van der Waals surface area contributed by atoms with E-state index in [1.54, 1.807) is 0 Å². The van der Waals surface area contributed by atoms with E-state index in [-0.39, 0.29) is 5.95 Å². The Kier molecular flexibility index (Phi) is 4.89. The normalized spacial score (nSPS) is 16.5. The first kappa shape index (κ1) is 17.0. The molecule has 1 aromatic heterocycles.